The highest BCUT2D eigenvalue weighted by molar-refractivity contribution is 7.86. The van der Waals surface area contributed by atoms with Crippen molar-refractivity contribution in [2.45, 2.75) is 11.7 Å². The van der Waals surface area contributed by atoms with Crippen LogP contribution in [-0.4, -0.2) is 23.7 Å². The molecule has 1 N–H and O–H groups in total. The highest BCUT2D eigenvalue weighted by atomic mass is 32.2. The predicted molar refractivity (Wildman–Crippen MR) is 97.0 cm³/mol. The number of aromatic nitrogens is 1. The molecule has 1 aromatic heterocycles. The number of thiazole rings is 1. The Morgan fingerprint density at radius 1 is 1.04 bits per heavy atom. The fourth-order valence-electron chi connectivity index (χ4n) is 2.53. The summed E-state index contributed by atoms with van der Waals surface area (Å²) in [6.45, 7) is 0. The Labute approximate surface area is 149 Å². The second kappa shape index (κ2) is 7.26. The van der Waals surface area contributed by atoms with Gasteiger partial charge in [-0.1, -0.05) is 60.7 Å². The number of Topliss-reactive ketones (excluding diaryl/α,β-unsaturated/α-hetero) is 1. The highest BCUT2D eigenvalue weighted by Gasteiger charge is 2.32. The number of hydrogen-bond acceptors (Lipinski definition) is 5. The van der Waals surface area contributed by atoms with E-state index in [1.54, 1.807) is 18.2 Å². The zero-order valence-electron chi connectivity index (χ0n) is 13.1. The molecule has 0 radical (unpaired) electrons. The Bertz CT molecular complexity index is 967. The van der Waals surface area contributed by atoms with Crippen LogP contribution in [0.25, 0.3) is 11.3 Å². The van der Waals surface area contributed by atoms with Crippen LogP contribution in [0.3, 0.4) is 0 Å². The Morgan fingerprint density at radius 3 is 2.24 bits per heavy atom. The van der Waals surface area contributed by atoms with Crippen LogP contribution in [0.1, 0.15) is 15.8 Å². The third kappa shape index (κ3) is 4.19. The SMILES string of the molecule is O=C(Cc1nc(-c2ccccc2)cs1)C(c1ccccc1)S(=O)(=O)O. The van der Waals surface area contributed by atoms with Crippen molar-refractivity contribution in [2.75, 3.05) is 0 Å². The van der Waals surface area contributed by atoms with E-state index in [1.165, 1.54) is 23.5 Å². The lowest BCUT2D eigenvalue weighted by Gasteiger charge is -2.12. The molecule has 2 aromatic carbocycles. The maximum atomic E-state index is 12.5. The van der Waals surface area contributed by atoms with Crippen LogP contribution < -0.4 is 0 Å². The second-order valence-corrected chi connectivity index (χ2v) is 7.89. The van der Waals surface area contributed by atoms with E-state index >= 15 is 0 Å². The van der Waals surface area contributed by atoms with E-state index in [4.69, 9.17) is 0 Å². The maximum Gasteiger partial charge on any atom is 0.279 e. The van der Waals surface area contributed by atoms with Crippen molar-refractivity contribution in [3.05, 3.63) is 76.6 Å². The molecule has 0 bridgehead atoms. The molecule has 3 aromatic rings. The van der Waals surface area contributed by atoms with Gasteiger partial charge in [0.25, 0.3) is 10.1 Å². The molecule has 7 heteroatoms. The van der Waals surface area contributed by atoms with Gasteiger partial charge in [0.1, 0.15) is 5.01 Å². The third-order valence-electron chi connectivity index (χ3n) is 3.64. The second-order valence-electron chi connectivity index (χ2n) is 5.44. The van der Waals surface area contributed by atoms with Crippen LogP contribution in [-0.2, 0) is 21.3 Å². The molecule has 0 saturated carbocycles. The van der Waals surface area contributed by atoms with E-state index in [0.717, 1.165) is 11.3 Å². The molecule has 3 rings (SSSR count). The molecule has 0 amide bonds. The van der Waals surface area contributed by atoms with Crippen LogP contribution in [0.2, 0.25) is 0 Å². The zero-order chi connectivity index (χ0) is 17.9. The minimum atomic E-state index is -4.56. The summed E-state index contributed by atoms with van der Waals surface area (Å²) in [7, 11) is -4.56. The van der Waals surface area contributed by atoms with Crippen LogP contribution in [0.15, 0.2) is 66.0 Å². The van der Waals surface area contributed by atoms with Crippen molar-refractivity contribution in [2.24, 2.45) is 0 Å². The molecule has 1 heterocycles. The van der Waals surface area contributed by atoms with Gasteiger partial charge in [-0.05, 0) is 5.56 Å². The van der Waals surface area contributed by atoms with E-state index in [1.807, 2.05) is 35.7 Å². The summed E-state index contributed by atoms with van der Waals surface area (Å²) in [4.78, 5) is 16.9. The van der Waals surface area contributed by atoms with Crippen LogP contribution in [0.4, 0.5) is 0 Å². The molecule has 1 atom stereocenters. The number of carbonyl (C=O) groups is 1. The van der Waals surface area contributed by atoms with E-state index in [9.17, 15) is 17.8 Å². The van der Waals surface area contributed by atoms with Crippen molar-refractivity contribution >= 4 is 27.2 Å². The van der Waals surface area contributed by atoms with Crippen LogP contribution >= 0.6 is 11.3 Å². The normalized spacial score (nSPS) is 12.7. The molecule has 0 fully saturated rings. The Hall–Kier alpha value is -2.35. The fourth-order valence-corrected chi connectivity index (χ4v) is 4.26. The highest BCUT2D eigenvalue weighted by Crippen LogP contribution is 2.27. The predicted octanol–water partition coefficient (Wildman–Crippen LogP) is 3.55. The summed E-state index contributed by atoms with van der Waals surface area (Å²) in [5.74, 6) is -0.609. The zero-order valence-corrected chi connectivity index (χ0v) is 14.7. The van der Waals surface area contributed by atoms with Crippen LogP contribution in [0, 0.1) is 0 Å². The van der Waals surface area contributed by atoms with Gasteiger partial charge in [0.05, 0.1) is 12.1 Å². The number of rotatable bonds is 6. The molecule has 1 unspecified atom stereocenters. The summed E-state index contributed by atoms with van der Waals surface area (Å²) < 4.78 is 32.9. The third-order valence-corrected chi connectivity index (χ3v) is 5.62. The Morgan fingerprint density at radius 2 is 1.64 bits per heavy atom. The average molecular weight is 373 g/mol. The molecule has 0 saturated heterocycles. The first kappa shape index (κ1) is 17.5. The van der Waals surface area contributed by atoms with Gasteiger partial charge in [0.2, 0.25) is 0 Å². The molecular weight excluding hydrogens is 358 g/mol. The topological polar surface area (TPSA) is 84.3 Å². The number of carbonyl (C=O) groups excluding carboxylic acids is 1. The van der Waals surface area contributed by atoms with Crippen molar-refractivity contribution in [3.63, 3.8) is 0 Å². The van der Waals surface area contributed by atoms with Gasteiger partial charge in [-0.15, -0.1) is 11.3 Å². The van der Waals surface area contributed by atoms with Gasteiger partial charge < -0.3 is 0 Å². The molecule has 0 aliphatic heterocycles. The molecular formula is C18H15NO4S2. The van der Waals surface area contributed by atoms with Gasteiger partial charge in [-0.3, -0.25) is 9.35 Å². The lowest BCUT2D eigenvalue weighted by atomic mass is 10.1. The molecule has 0 aliphatic rings. The van der Waals surface area contributed by atoms with Gasteiger partial charge in [0.15, 0.2) is 11.0 Å². The number of nitrogens with zero attached hydrogens (tertiary/aromatic N) is 1. The van der Waals surface area contributed by atoms with Crippen molar-refractivity contribution in [3.8, 4) is 11.3 Å². The smallest absolute Gasteiger partial charge is 0.279 e. The molecule has 0 aliphatic carbocycles. The maximum absolute atomic E-state index is 12.5. The Kier molecular flexibility index (Phi) is 5.08. The first-order chi connectivity index (χ1) is 11.9. The van der Waals surface area contributed by atoms with Crippen LogP contribution in [0.5, 0.6) is 0 Å². The summed E-state index contributed by atoms with van der Waals surface area (Å²) >= 11 is 1.29. The van der Waals surface area contributed by atoms with Gasteiger partial charge in [-0.2, -0.15) is 8.42 Å². The average Bonchev–Trinajstić information content (AvgIpc) is 3.04. The van der Waals surface area contributed by atoms with Crippen molar-refractivity contribution in [1.82, 2.24) is 4.98 Å². The van der Waals surface area contributed by atoms with E-state index < -0.39 is 21.2 Å². The monoisotopic (exact) mass is 373 g/mol. The summed E-state index contributed by atoms with van der Waals surface area (Å²) in [5.41, 5.74) is 1.90. The summed E-state index contributed by atoms with van der Waals surface area (Å²) in [5, 5.41) is 0.731. The minimum Gasteiger partial charge on any atom is -0.297 e. The molecule has 25 heavy (non-hydrogen) atoms. The minimum absolute atomic E-state index is 0.156. The van der Waals surface area contributed by atoms with Gasteiger partial charge >= 0.3 is 0 Å². The number of ketones is 1. The van der Waals surface area contributed by atoms with E-state index in [0.29, 0.717) is 5.01 Å². The number of benzene rings is 2. The van der Waals surface area contributed by atoms with Crippen molar-refractivity contribution < 1.29 is 17.8 Å². The summed E-state index contributed by atoms with van der Waals surface area (Å²) in [6.07, 6.45) is -0.156. The van der Waals surface area contributed by atoms with E-state index in [2.05, 4.69) is 4.98 Å². The van der Waals surface area contributed by atoms with Crippen molar-refractivity contribution in [1.29, 1.82) is 0 Å². The van der Waals surface area contributed by atoms with Gasteiger partial charge in [-0.25, -0.2) is 4.98 Å². The molecule has 5 nitrogen and oxygen atoms in total. The quantitative estimate of drug-likeness (QED) is 0.668. The first-order valence-corrected chi connectivity index (χ1v) is 9.87. The standard InChI is InChI=1S/C18H15NO4S2/c20-16(18(25(21,22)23)14-9-5-2-6-10-14)11-17-19-15(12-24-17)13-7-3-1-4-8-13/h1-10,12,18H,11H2,(H,21,22,23). The largest absolute Gasteiger partial charge is 0.297 e. The first-order valence-electron chi connectivity index (χ1n) is 7.49. The lowest BCUT2D eigenvalue weighted by molar-refractivity contribution is -0.118. The molecule has 128 valence electrons. The van der Waals surface area contributed by atoms with Gasteiger partial charge in [0, 0.05) is 10.9 Å². The fraction of sp³-hybridized carbons (Fsp3) is 0.111. The Balaban J connectivity index is 1.84. The van der Waals surface area contributed by atoms with E-state index in [-0.39, 0.29) is 12.0 Å². The molecule has 0 spiro atoms. The number of hydrogen-bond donors (Lipinski definition) is 1. The lowest BCUT2D eigenvalue weighted by Crippen LogP contribution is -2.23. The summed E-state index contributed by atoms with van der Waals surface area (Å²) in [6, 6.07) is 17.5.